The second-order valence-corrected chi connectivity index (χ2v) is 3.90. The monoisotopic (exact) mass is 220 g/mol. The fourth-order valence-corrected chi connectivity index (χ4v) is 1.89. The van der Waals surface area contributed by atoms with Crippen molar-refractivity contribution in [1.29, 1.82) is 0 Å². The van der Waals surface area contributed by atoms with Crippen LogP contribution in [0.25, 0.3) is 0 Å². The van der Waals surface area contributed by atoms with Gasteiger partial charge in [0.25, 0.3) is 0 Å². The Labute approximate surface area is 95.1 Å². The molecule has 2 rings (SSSR count). The minimum absolute atomic E-state index is 0.149. The third-order valence-electron chi connectivity index (χ3n) is 2.78. The number of carbonyl (C=O) groups is 1. The van der Waals surface area contributed by atoms with Gasteiger partial charge in [-0.05, 0) is 12.5 Å². The fourth-order valence-electron chi connectivity index (χ4n) is 1.89. The highest BCUT2D eigenvalue weighted by atomic mass is 16.2. The summed E-state index contributed by atoms with van der Waals surface area (Å²) in [7, 11) is 0. The largest absolute Gasteiger partial charge is 0.341 e. The van der Waals surface area contributed by atoms with Gasteiger partial charge in [0, 0.05) is 45.5 Å². The van der Waals surface area contributed by atoms with Crippen LogP contribution in [0.1, 0.15) is 13.3 Å². The van der Waals surface area contributed by atoms with E-state index in [4.69, 9.17) is 0 Å². The first-order chi connectivity index (χ1) is 7.77. The smallest absolute Gasteiger partial charge is 0.225 e. The molecular weight excluding hydrogens is 204 g/mol. The number of hydrogen-bond acceptors (Lipinski definition) is 4. The third kappa shape index (κ3) is 2.48. The van der Waals surface area contributed by atoms with Crippen molar-refractivity contribution in [1.82, 2.24) is 14.9 Å². The van der Waals surface area contributed by atoms with Gasteiger partial charge >= 0.3 is 0 Å². The average molecular weight is 220 g/mol. The first-order valence-corrected chi connectivity index (χ1v) is 5.55. The molecule has 1 amide bonds. The molecule has 0 atom stereocenters. The van der Waals surface area contributed by atoms with E-state index in [-0.39, 0.29) is 5.91 Å². The lowest BCUT2D eigenvalue weighted by Gasteiger charge is -2.20. The van der Waals surface area contributed by atoms with Crippen molar-refractivity contribution < 1.29 is 4.79 Å². The summed E-state index contributed by atoms with van der Waals surface area (Å²) in [6.45, 7) is 4.93. The Morgan fingerprint density at radius 2 is 1.94 bits per heavy atom. The molecule has 5 heteroatoms. The Bertz CT molecular complexity index is 354. The van der Waals surface area contributed by atoms with E-state index >= 15 is 0 Å². The standard InChI is InChI=1S/C11H16N4O/c1-10(16)14-6-3-7-15(9-8-14)11-12-4-2-5-13-11/h2,4-5H,3,6-9H2,1H3. The van der Waals surface area contributed by atoms with Crippen LogP contribution in [0, 0.1) is 0 Å². The van der Waals surface area contributed by atoms with Crippen LogP contribution >= 0.6 is 0 Å². The van der Waals surface area contributed by atoms with Gasteiger partial charge in [-0.3, -0.25) is 4.79 Å². The summed E-state index contributed by atoms with van der Waals surface area (Å²) in [4.78, 5) is 23.7. The van der Waals surface area contributed by atoms with Gasteiger partial charge in [-0.2, -0.15) is 0 Å². The van der Waals surface area contributed by atoms with Gasteiger partial charge in [0.15, 0.2) is 0 Å². The van der Waals surface area contributed by atoms with E-state index in [2.05, 4.69) is 14.9 Å². The molecule has 1 saturated heterocycles. The first kappa shape index (κ1) is 10.9. The molecule has 16 heavy (non-hydrogen) atoms. The average Bonchev–Trinajstić information content (AvgIpc) is 2.55. The van der Waals surface area contributed by atoms with Crippen LogP contribution in [0.15, 0.2) is 18.5 Å². The predicted molar refractivity (Wildman–Crippen MR) is 61.1 cm³/mol. The normalized spacial score (nSPS) is 17.1. The lowest BCUT2D eigenvalue weighted by Crippen LogP contribution is -2.34. The highest BCUT2D eigenvalue weighted by Crippen LogP contribution is 2.09. The Hall–Kier alpha value is -1.65. The lowest BCUT2D eigenvalue weighted by atomic mass is 10.4. The minimum Gasteiger partial charge on any atom is -0.341 e. The molecule has 2 heterocycles. The summed E-state index contributed by atoms with van der Waals surface area (Å²) < 4.78 is 0. The van der Waals surface area contributed by atoms with Crippen molar-refractivity contribution >= 4 is 11.9 Å². The number of anilines is 1. The van der Waals surface area contributed by atoms with Gasteiger partial charge in [0.05, 0.1) is 0 Å². The van der Waals surface area contributed by atoms with Crippen LogP contribution in [0.5, 0.6) is 0 Å². The van der Waals surface area contributed by atoms with Gasteiger partial charge in [-0.15, -0.1) is 0 Å². The van der Waals surface area contributed by atoms with Crippen LogP contribution in [0.2, 0.25) is 0 Å². The van der Waals surface area contributed by atoms with Crippen molar-refractivity contribution in [3.05, 3.63) is 18.5 Å². The summed E-state index contributed by atoms with van der Waals surface area (Å²) in [6, 6.07) is 1.81. The van der Waals surface area contributed by atoms with Gasteiger partial charge in [-0.1, -0.05) is 0 Å². The van der Waals surface area contributed by atoms with Crippen molar-refractivity contribution in [2.24, 2.45) is 0 Å². The number of rotatable bonds is 1. The molecule has 1 aliphatic heterocycles. The second-order valence-electron chi connectivity index (χ2n) is 3.90. The number of amides is 1. The van der Waals surface area contributed by atoms with Crippen molar-refractivity contribution in [3.8, 4) is 0 Å². The van der Waals surface area contributed by atoms with Crippen molar-refractivity contribution in [2.75, 3.05) is 31.1 Å². The summed E-state index contributed by atoms with van der Waals surface area (Å²) in [5, 5.41) is 0. The van der Waals surface area contributed by atoms with Gasteiger partial charge in [0.1, 0.15) is 0 Å². The Kier molecular flexibility index (Phi) is 3.34. The van der Waals surface area contributed by atoms with E-state index in [1.165, 1.54) is 0 Å². The van der Waals surface area contributed by atoms with Gasteiger partial charge in [-0.25, -0.2) is 9.97 Å². The maximum absolute atomic E-state index is 11.3. The van der Waals surface area contributed by atoms with E-state index in [0.717, 1.165) is 38.5 Å². The van der Waals surface area contributed by atoms with E-state index in [1.807, 2.05) is 11.0 Å². The molecule has 0 aromatic carbocycles. The van der Waals surface area contributed by atoms with E-state index in [9.17, 15) is 4.79 Å². The first-order valence-electron chi connectivity index (χ1n) is 5.55. The molecule has 1 aliphatic rings. The number of nitrogens with zero attached hydrogens (tertiary/aromatic N) is 4. The molecule has 0 bridgehead atoms. The topological polar surface area (TPSA) is 49.3 Å². The summed E-state index contributed by atoms with van der Waals surface area (Å²) >= 11 is 0. The molecule has 0 N–H and O–H groups in total. The van der Waals surface area contributed by atoms with Gasteiger partial charge < -0.3 is 9.80 Å². The van der Waals surface area contributed by atoms with Crippen LogP contribution in [-0.2, 0) is 4.79 Å². The van der Waals surface area contributed by atoms with Crippen molar-refractivity contribution in [2.45, 2.75) is 13.3 Å². The molecule has 0 aliphatic carbocycles. The van der Waals surface area contributed by atoms with Crippen molar-refractivity contribution in [3.63, 3.8) is 0 Å². The molecule has 1 fully saturated rings. The van der Waals surface area contributed by atoms with Crippen LogP contribution < -0.4 is 4.90 Å². The fraction of sp³-hybridized carbons (Fsp3) is 0.545. The summed E-state index contributed by atoms with van der Waals surface area (Å²) in [6.07, 6.45) is 4.46. The van der Waals surface area contributed by atoms with E-state index in [0.29, 0.717) is 0 Å². The molecule has 1 aromatic rings. The molecule has 1 aromatic heterocycles. The Balaban J connectivity index is 2.02. The van der Waals surface area contributed by atoms with Crippen LogP contribution in [0.4, 0.5) is 5.95 Å². The predicted octanol–water partition coefficient (Wildman–Crippen LogP) is 0.535. The molecule has 0 unspecified atom stereocenters. The zero-order chi connectivity index (χ0) is 11.4. The zero-order valence-electron chi connectivity index (χ0n) is 9.46. The highest BCUT2D eigenvalue weighted by Gasteiger charge is 2.17. The zero-order valence-corrected chi connectivity index (χ0v) is 9.46. The summed E-state index contributed by atoms with van der Waals surface area (Å²) in [5.74, 6) is 0.906. The molecule has 5 nitrogen and oxygen atoms in total. The molecule has 0 spiro atoms. The maximum atomic E-state index is 11.3. The van der Waals surface area contributed by atoms with Crippen LogP contribution in [0.3, 0.4) is 0 Å². The van der Waals surface area contributed by atoms with Crippen LogP contribution in [-0.4, -0.2) is 47.0 Å². The Morgan fingerprint density at radius 1 is 1.19 bits per heavy atom. The molecular formula is C11H16N4O. The molecule has 86 valence electrons. The Morgan fingerprint density at radius 3 is 2.62 bits per heavy atom. The maximum Gasteiger partial charge on any atom is 0.225 e. The van der Waals surface area contributed by atoms with E-state index in [1.54, 1.807) is 19.3 Å². The SMILES string of the molecule is CC(=O)N1CCCN(c2ncccn2)CC1. The summed E-state index contributed by atoms with van der Waals surface area (Å²) in [5.41, 5.74) is 0. The van der Waals surface area contributed by atoms with Gasteiger partial charge in [0.2, 0.25) is 11.9 Å². The lowest BCUT2D eigenvalue weighted by molar-refractivity contribution is -0.128. The quantitative estimate of drug-likeness (QED) is 0.693. The van der Waals surface area contributed by atoms with E-state index < -0.39 is 0 Å². The number of aromatic nitrogens is 2. The number of carbonyl (C=O) groups excluding carboxylic acids is 1. The molecule has 0 saturated carbocycles. The highest BCUT2D eigenvalue weighted by molar-refractivity contribution is 5.73. The molecule has 0 radical (unpaired) electrons. The number of hydrogen-bond donors (Lipinski definition) is 0. The third-order valence-corrected chi connectivity index (χ3v) is 2.78. The minimum atomic E-state index is 0.149. The second kappa shape index (κ2) is 4.92.